The maximum Gasteiger partial charge on any atom is 0.276 e. The smallest absolute Gasteiger partial charge is 0.258 e. The van der Waals surface area contributed by atoms with Crippen molar-refractivity contribution in [2.24, 2.45) is 0 Å². The number of nitro groups is 2. The van der Waals surface area contributed by atoms with Crippen molar-refractivity contribution in [2.75, 3.05) is 5.08 Å². The number of nitro benzene ring substituents is 2. The largest absolute Gasteiger partial charge is 0.276 e. The minimum atomic E-state index is -0.599. The van der Waals surface area contributed by atoms with Crippen LogP contribution in [0.25, 0.3) is 4.91 Å². The van der Waals surface area contributed by atoms with Gasteiger partial charge in [-0.25, -0.2) is 0 Å². The number of hydrogen-bond donors (Lipinski definition) is 0. The Hall–Kier alpha value is -1.97. The van der Waals surface area contributed by atoms with E-state index in [2.05, 4.69) is 24.3 Å². The molecule has 0 bridgehead atoms. The van der Waals surface area contributed by atoms with Crippen molar-refractivity contribution in [1.29, 1.82) is 0 Å². The Morgan fingerprint density at radius 1 is 1.00 bits per heavy atom. The van der Waals surface area contributed by atoms with E-state index in [0.717, 1.165) is 21.0 Å². The molecular weight excluding hydrogens is 392 g/mol. The molecule has 0 aliphatic carbocycles. The second-order valence-electron chi connectivity index (χ2n) is 5.55. The van der Waals surface area contributed by atoms with Crippen molar-refractivity contribution >= 4 is 51.6 Å². The van der Waals surface area contributed by atoms with Crippen molar-refractivity contribution in [1.82, 2.24) is 0 Å². The summed E-state index contributed by atoms with van der Waals surface area (Å²) in [4.78, 5) is 22.0. The summed E-state index contributed by atoms with van der Waals surface area (Å²) in [6.45, 7) is 2.04. The summed E-state index contributed by atoms with van der Waals surface area (Å²) in [5.74, 6) is 0.445. The molecule has 26 heavy (non-hydrogen) atoms. The van der Waals surface area contributed by atoms with Crippen LogP contribution in [0.1, 0.15) is 16.7 Å². The van der Waals surface area contributed by atoms with Gasteiger partial charge in [-0.1, -0.05) is 29.8 Å². The maximum atomic E-state index is 11.0. The van der Waals surface area contributed by atoms with Gasteiger partial charge in [0.1, 0.15) is 0 Å². The molecule has 2 aromatic rings. The van der Waals surface area contributed by atoms with Crippen LogP contribution < -0.4 is 0 Å². The summed E-state index contributed by atoms with van der Waals surface area (Å²) >= 11 is 5.06. The number of benzene rings is 2. The molecule has 0 fully saturated rings. The van der Waals surface area contributed by atoms with Crippen molar-refractivity contribution < 1.29 is 9.85 Å². The van der Waals surface area contributed by atoms with E-state index >= 15 is 0 Å². The highest BCUT2D eigenvalue weighted by Gasteiger charge is 2.20. The Bertz CT molecular complexity index is 865. The van der Waals surface area contributed by atoms with E-state index in [1.54, 1.807) is 35.3 Å². The lowest BCUT2D eigenvalue weighted by atomic mass is 10.1. The minimum Gasteiger partial charge on any atom is -0.258 e. The molecule has 1 heterocycles. The average molecular weight is 407 g/mol. The molecule has 9 heteroatoms. The third-order valence-electron chi connectivity index (χ3n) is 3.65. The second kappa shape index (κ2) is 8.15. The molecule has 0 aromatic heterocycles. The van der Waals surface area contributed by atoms with Crippen LogP contribution in [0.15, 0.2) is 46.7 Å². The maximum absolute atomic E-state index is 11.0. The topological polar surface area (TPSA) is 86.3 Å². The van der Waals surface area contributed by atoms with Crippen LogP contribution in [0.3, 0.4) is 0 Å². The molecule has 0 atom stereocenters. The van der Waals surface area contributed by atoms with Gasteiger partial charge in [-0.15, -0.1) is 35.3 Å². The van der Waals surface area contributed by atoms with Crippen molar-refractivity contribution in [3.63, 3.8) is 0 Å². The van der Waals surface area contributed by atoms with Gasteiger partial charge in [-0.2, -0.15) is 0 Å². The Kier molecular flexibility index (Phi) is 5.90. The van der Waals surface area contributed by atoms with Crippen LogP contribution >= 0.6 is 35.3 Å². The van der Waals surface area contributed by atoms with Crippen LogP contribution in [0.2, 0.25) is 0 Å². The Balaban J connectivity index is 1.83. The standard InChI is InChI=1S/C17H14N2O4S3/c1-11-2-4-13(5-3-11)16-17(26-10-25-16)24-9-12-6-14(18(20)21)8-15(7-12)19(22)23/h2-8H,9-10H2,1H3. The van der Waals surface area contributed by atoms with Gasteiger partial charge in [0.2, 0.25) is 0 Å². The zero-order valence-corrected chi connectivity index (χ0v) is 16.2. The number of hydrogen-bond acceptors (Lipinski definition) is 7. The fourth-order valence-corrected chi connectivity index (χ4v) is 6.55. The summed E-state index contributed by atoms with van der Waals surface area (Å²) in [5.41, 5.74) is 2.41. The number of nitrogens with zero attached hydrogens (tertiary/aromatic N) is 2. The molecule has 1 aliphatic heterocycles. The van der Waals surface area contributed by atoms with E-state index in [1.807, 2.05) is 6.92 Å². The highest BCUT2D eigenvalue weighted by atomic mass is 32.2. The van der Waals surface area contributed by atoms with Gasteiger partial charge in [0, 0.05) is 27.9 Å². The lowest BCUT2D eigenvalue weighted by molar-refractivity contribution is -0.394. The molecule has 0 N–H and O–H groups in total. The molecule has 3 rings (SSSR count). The number of thioether (sulfide) groups is 3. The zero-order chi connectivity index (χ0) is 18.7. The van der Waals surface area contributed by atoms with E-state index in [0.29, 0.717) is 11.3 Å². The lowest BCUT2D eigenvalue weighted by Crippen LogP contribution is -1.95. The number of aryl methyl sites for hydroxylation is 1. The molecule has 0 saturated carbocycles. The first-order chi connectivity index (χ1) is 12.4. The van der Waals surface area contributed by atoms with Crippen LogP contribution in [-0.2, 0) is 5.75 Å². The number of rotatable bonds is 6. The predicted octanol–water partition coefficient (Wildman–Crippen LogP) is 5.81. The van der Waals surface area contributed by atoms with E-state index in [-0.39, 0.29) is 11.4 Å². The molecule has 2 aromatic carbocycles. The SMILES string of the molecule is Cc1ccc(C2=C(SCc3cc([N+](=O)[O-])cc([N+](=O)[O-])c3)SCS2)cc1. The van der Waals surface area contributed by atoms with Gasteiger partial charge >= 0.3 is 0 Å². The van der Waals surface area contributed by atoms with Gasteiger partial charge in [-0.05, 0) is 18.1 Å². The van der Waals surface area contributed by atoms with Crippen LogP contribution in [0, 0.1) is 27.2 Å². The predicted molar refractivity (Wildman–Crippen MR) is 109 cm³/mol. The summed E-state index contributed by atoms with van der Waals surface area (Å²) < 4.78 is 1.15. The van der Waals surface area contributed by atoms with E-state index in [9.17, 15) is 20.2 Å². The fourth-order valence-electron chi connectivity index (χ4n) is 2.38. The van der Waals surface area contributed by atoms with Gasteiger partial charge in [0.15, 0.2) is 0 Å². The summed E-state index contributed by atoms with van der Waals surface area (Å²) in [6.07, 6.45) is 0. The normalized spacial score (nSPS) is 13.9. The fraction of sp³-hybridized carbons (Fsp3) is 0.176. The molecule has 0 spiro atoms. The molecular formula is C17H14N2O4S3. The number of non-ortho nitro benzene ring substituents is 2. The minimum absolute atomic E-state index is 0.254. The molecule has 0 saturated heterocycles. The van der Waals surface area contributed by atoms with Crippen molar-refractivity contribution in [2.45, 2.75) is 12.7 Å². The van der Waals surface area contributed by atoms with Crippen molar-refractivity contribution in [3.05, 3.63) is 83.6 Å². The van der Waals surface area contributed by atoms with Crippen molar-refractivity contribution in [3.8, 4) is 0 Å². The van der Waals surface area contributed by atoms with E-state index in [4.69, 9.17) is 0 Å². The molecule has 6 nitrogen and oxygen atoms in total. The third-order valence-corrected chi connectivity index (χ3v) is 7.69. The van der Waals surface area contributed by atoms with Crippen LogP contribution in [0.5, 0.6) is 0 Å². The summed E-state index contributed by atoms with van der Waals surface area (Å²) in [7, 11) is 0. The molecule has 0 radical (unpaired) electrons. The Labute approximate surface area is 162 Å². The monoisotopic (exact) mass is 406 g/mol. The van der Waals surface area contributed by atoms with Gasteiger partial charge in [-0.3, -0.25) is 20.2 Å². The molecule has 134 valence electrons. The molecule has 0 amide bonds. The zero-order valence-electron chi connectivity index (χ0n) is 13.7. The highest BCUT2D eigenvalue weighted by molar-refractivity contribution is 8.33. The first-order valence-corrected chi connectivity index (χ1v) is 10.5. The Morgan fingerprint density at radius 2 is 1.62 bits per heavy atom. The van der Waals surface area contributed by atoms with E-state index in [1.165, 1.54) is 22.6 Å². The first-order valence-electron chi connectivity index (χ1n) is 7.56. The van der Waals surface area contributed by atoms with Gasteiger partial charge in [0.05, 0.1) is 20.2 Å². The van der Waals surface area contributed by atoms with Gasteiger partial charge in [0.25, 0.3) is 11.4 Å². The molecule has 0 unspecified atom stereocenters. The average Bonchev–Trinajstić information content (AvgIpc) is 3.08. The summed E-state index contributed by atoms with van der Waals surface area (Å²) in [5, 5.41) is 22.9. The van der Waals surface area contributed by atoms with E-state index < -0.39 is 9.85 Å². The highest BCUT2D eigenvalue weighted by Crippen LogP contribution is 2.51. The van der Waals surface area contributed by atoms with Gasteiger partial charge < -0.3 is 0 Å². The quantitative estimate of drug-likeness (QED) is 0.442. The lowest BCUT2D eigenvalue weighted by Gasteiger charge is -2.07. The van der Waals surface area contributed by atoms with Crippen LogP contribution in [-0.4, -0.2) is 14.9 Å². The van der Waals surface area contributed by atoms with Crippen LogP contribution in [0.4, 0.5) is 11.4 Å². The Morgan fingerprint density at radius 3 is 2.19 bits per heavy atom. The molecule has 1 aliphatic rings. The summed E-state index contributed by atoms with van der Waals surface area (Å²) in [6, 6.07) is 12.1. The second-order valence-corrected chi connectivity index (χ2v) is 9.13. The third kappa shape index (κ3) is 4.40. The first kappa shape index (κ1) is 18.8.